The van der Waals surface area contributed by atoms with E-state index < -0.39 is 57.6 Å². The minimum Gasteiger partial charge on any atom is -0.480 e. The number of hydrogen-bond acceptors (Lipinski definition) is 8. The molecular weight excluding hydrogens is 721 g/mol. The van der Waals surface area contributed by atoms with Crippen molar-refractivity contribution in [1.82, 2.24) is 5.32 Å². The number of esters is 1. The van der Waals surface area contributed by atoms with E-state index in [0.29, 0.717) is 12.8 Å². The molecule has 0 saturated heterocycles. The zero-order chi connectivity index (χ0) is 40.7. The number of aliphatic hydroxyl groups is 1. The van der Waals surface area contributed by atoms with Gasteiger partial charge in [-0.25, -0.2) is 9.36 Å². The fraction of sp³-hybridized carbons (Fsp3) is 0.791. The molecule has 0 aromatic rings. The summed E-state index contributed by atoms with van der Waals surface area (Å²) in [6, 6.07) is -1.55. The molecule has 0 heterocycles. The molecule has 55 heavy (non-hydrogen) atoms. The second kappa shape index (κ2) is 38.6. The number of allylic oxidation sites excluding steroid dienone is 6. The first-order valence-corrected chi connectivity index (χ1v) is 23.0. The monoisotopic (exact) mass is 800 g/mol. The van der Waals surface area contributed by atoms with Gasteiger partial charge in [0.05, 0.1) is 13.2 Å². The average molecular weight is 800 g/mol. The van der Waals surface area contributed by atoms with Crippen LogP contribution in [-0.2, 0) is 32.7 Å². The fourth-order valence-electron chi connectivity index (χ4n) is 5.75. The van der Waals surface area contributed by atoms with Crippen LogP contribution in [0.1, 0.15) is 187 Å². The van der Waals surface area contributed by atoms with Crippen LogP contribution in [0.15, 0.2) is 36.5 Å². The van der Waals surface area contributed by atoms with E-state index in [-0.39, 0.29) is 12.8 Å². The molecule has 0 fully saturated rings. The lowest BCUT2D eigenvalue weighted by Crippen LogP contribution is -2.43. The molecule has 3 atom stereocenters. The predicted molar refractivity (Wildman–Crippen MR) is 222 cm³/mol. The van der Waals surface area contributed by atoms with Crippen LogP contribution in [0.5, 0.6) is 0 Å². The summed E-state index contributed by atoms with van der Waals surface area (Å²) in [4.78, 5) is 45.8. The summed E-state index contributed by atoms with van der Waals surface area (Å²) in [6.07, 6.45) is 40.2. The Balaban J connectivity index is 3.94. The van der Waals surface area contributed by atoms with E-state index in [1.165, 1.54) is 70.6 Å². The minimum atomic E-state index is -4.76. The van der Waals surface area contributed by atoms with E-state index in [1.54, 1.807) is 0 Å². The molecule has 0 aromatic heterocycles. The molecular formula is C43H78NO10P. The van der Waals surface area contributed by atoms with Gasteiger partial charge in [-0.1, -0.05) is 140 Å². The van der Waals surface area contributed by atoms with E-state index in [4.69, 9.17) is 13.8 Å². The number of rotatable bonds is 40. The van der Waals surface area contributed by atoms with E-state index in [0.717, 1.165) is 77.0 Å². The Kier molecular flexibility index (Phi) is 37.0. The van der Waals surface area contributed by atoms with Gasteiger partial charge in [0, 0.05) is 12.8 Å². The molecule has 1 amide bonds. The van der Waals surface area contributed by atoms with Gasteiger partial charge in [0.15, 0.2) is 6.04 Å². The number of unbranched alkanes of at least 4 members (excludes halogenated alkanes) is 20. The average Bonchev–Trinajstić information content (AvgIpc) is 3.16. The number of hydrogen-bond donors (Lipinski definition) is 4. The molecule has 0 rings (SSSR count). The lowest BCUT2D eigenvalue weighted by molar-refractivity contribution is -0.147. The number of carboxylic acid groups (broad SMARTS) is 1. The normalized spacial score (nSPS) is 14.1. The maximum atomic E-state index is 12.3. The lowest BCUT2D eigenvalue weighted by atomic mass is 10.1. The van der Waals surface area contributed by atoms with Crippen molar-refractivity contribution >= 4 is 25.7 Å². The highest BCUT2D eigenvalue weighted by Crippen LogP contribution is 2.43. The molecule has 4 N–H and O–H groups in total. The highest BCUT2D eigenvalue weighted by Gasteiger charge is 2.28. The third kappa shape index (κ3) is 38.4. The summed E-state index contributed by atoms with van der Waals surface area (Å²) >= 11 is 0. The molecule has 11 nitrogen and oxygen atoms in total. The smallest absolute Gasteiger partial charge is 0.472 e. The Hall–Kier alpha value is -2.30. The quantitative estimate of drug-likeness (QED) is 0.0202. The van der Waals surface area contributed by atoms with Crippen LogP contribution < -0.4 is 5.32 Å². The number of amides is 1. The number of ether oxygens (including phenoxy) is 1. The van der Waals surface area contributed by atoms with Gasteiger partial charge < -0.3 is 25.2 Å². The van der Waals surface area contributed by atoms with Gasteiger partial charge in [-0.3, -0.25) is 18.6 Å². The zero-order valence-corrected chi connectivity index (χ0v) is 35.4. The highest BCUT2D eigenvalue weighted by atomic mass is 31.2. The van der Waals surface area contributed by atoms with Gasteiger partial charge in [0.2, 0.25) is 5.91 Å². The zero-order valence-electron chi connectivity index (χ0n) is 34.5. The molecule has 0 radical (unpaired) electrons. The molecule has 12 heteroatoms. The van der Waals surface area contributed by atoms with Crippen molar-refractivity contribution < 1.29 is 47.8 Å². The van der Waals surface area contributed by atoms with Crippen LogP contribution in [-0.4, -0.2) is 64.9 Å². The third-order valence-electron chi connectivity index (χ3n) is 9.15. The van der Waals surface area contributed by atoms with Crippen molar-refractivity contribution in [3.8, 4) is 0 Å². The number of phosphoric acid groups is 1. The Morgan fingerprint density at radius 2 is 1.00 bits per heavy atom. The van der Waals surface area contributed by atoms with Gasteiger partial charge in [-0.2, -0.15) is 0 Å². The van der Waals surface area contributed by atoms with Crippen LogP contribution >= 0.6 is 7.82 Å². The van der Waals surface area contributed by atoms with Gasteiger partial charge >= 0.3 is 19.8 Å². The largest absolute Gasteiger partial charge is 0.480 e. The molecule has 0 saturated carbocycles. The Morgan fingerprint density at radius 3 is 1.51 bits per heavy atom. The SMILES string of the molecule is CCCCCC/C=C\C/C=C\CCCCCCCC(=O)OCC(O)COP(=O)(O)OCC(NC(=O)CCCCCCC/C=C\CCCCCCCC)C(=O)O. The third-order valence-corrected chi connectivity index (χ3v) is 10.1. The summed E-state index contributed by atoms with van der Waals surface area (Å²) in [5, 5.41) is 21.8. The summed E-state index contributed by atoms with van der Waals surface area (Å²) < 4.78 is 26.8. The molecule has 0 spiro atoms. The first-order chi connectivity index (χ1) is 26.6. The number of phosphoric ester groups is 1. The van der Waals surface area contributed by atoms with Crippen molar-refractivity contribution in [2.75, 3.05) is 19.8 Å². The number of nitrogens with one attached hydrogen (secondary N) is 1. The van der Waals surface area contributed by atoms with Gasteiger partial charge in [-0.05, 0) is 70.6 Å². The number of carboxylic acids is 1. The fourth-order valence-corrected chi connectivity index (χ4v) is 6.52. The summed E-state index contributed by atoms with van der Waals surface area (Å²) in [7, 11) is -4.76. The van der Waals surface area contributed by atoms with E-state index in [2.05, 4.69) is 55.6 Å². The van der Waals surface area contributed by atoms with E-state index >= 15 is 0 Å². The number of carbonyl (C=O) groups excluding carboxylic acids is 2. The highest BCUT2D eigenvalue weighted by molar-refractivity contribution is 7.47. The molecule has 3 unspecified atom stereocenters. The van der Waals surface area contributed by atoms with Crippen LogP contribution in [0, 0.1) is 0 Å². The van der Waals surface area contributed by atoms with Gasteiger partial charge in [0.1, 0.15) is 12.7 Å². The van der Waals surface area contributed by atoms with Crippen molar-refractivity contribution in [1.29, 1.82) is 0 Å². The number of aliphatic hydroxyl groups excluding tert-OH is 1. The second-order valence-corrected chi connectivity index (χ2v) is 16.0. The molecule has 0 aliphatic rings. The molecule has 0 aliphatic heterocycles. The van der Waals surface area contributed by atoms with Crippen molar-refractivity contribution in [3.05, 3.63) is 36.5 Å². The molecule has 320 valence electrons. The molecule has 0 aromatic carbocycles. The summed E-state index contributed by atoms with van der Waals surface area (Å²) in [5.74, 6) is -2.40. The van der Waals surface area contributed by atoms with Crippen LogP contribution in [0.2, 0.25) is 0 Å². The molecule has 0 bridgehead atoms. The standard InChI is InChI=1S/C43H78NO10P/c1-3-5-7-9-11-13-15-17-19-21-23-25-27-29-31-33-35-42(47)52-36-39(45)37-53-55(50,51)54-38-40(43(48)49)44-41(46)34-32-30-28-26-24-22-20-18-16-14-12-10-8-6-4-2/h13,15,18-21,39-40,45H,3-12,14,16-17,22-38H2,1-2H3,(H,44,46)(H,48,49)(H,50,51)/b15-13-,20-18-,21-19-. The van der Waals surface area contributed by atoms with Crippen molar-refractivity contribution in [2.45, 2.75) is 199 Å². The topological polar surface area (TPSA) is 169 Å². The predicted octanol–water partition coefficient (Wildman–Crippen LogP) is 10.8. The van der Waals surface area contributed by atoms with Crippen LogP contribution in [0.25, 0.3) is 0 Å². The Labute approximate surface area is 333 Å². The maximum absolute atomic E-state index is 12.3. The summed E-state index contributed by atoms with van der Waals surface area (Å²) in [6.45, 7) is 2.54. The maximum Gasteiger partial charge on any atom is 0.472 e. The molecule has 0 aliphatic carbocycles. The first-order valence-electron chi connectivity index (χ1n) is 21.5. The lowest BCUT2D eigenvalue weighted by Gasteiger charge is -2.18. The summed E-state index contributed by atoms with van der Waals surface area (Å²) in [5.41, 5.74) is 0. The van der Waals surface area contributed by atoms with Crippen molar-refractivity contribution in [2.24, 2.45) is 0 Å². The minimum absolute atomic E-state index is 0.135. The van der Waals surface area contributed by atoms with E-state index in [9.17, 15) is 34.1 Å². The number of aliphatic carboxylic acids is 1. The Morgan fingerprint density at radius 1 is 0.582 bits per heavy atom. The van der Waals surface area contributed by atoms with Gasteiger partial charge in [0.25, 0.3) is 0 Å². The second-order valence-electron chi connectivity index (χ2n) is 14.5. The van der Waals surface area contributed by atoms with E-state index in [1.807, 2.05) is 0 Å². The van der Waals surface area contributed by atoms with Crippen molar-refractivity contribution in [3.63, 3.8) is 0 Å². The van der Waals surface area contributed by atoms with Crippen LogP contribution in [0.3, 0.4) is 0 Å². The van der Waals surface area contributed by atoms with Crippen LogP contribution in [0.4, 0.5) is 0 Å². The first kappa shape index (κ1) is 52.7. The Bertz CT molecular complexity index is 1080. The van der Waals surface area contributed by atoms with Gasteiger partial charge in [-0.15, -0.1) is 0 Å². The number of carbonyl (C=O) groups is 3.